The van der Waals surface area contributed by atoms with Crippen molar-refractivity contribution < 1.29 is 9.53 Å². The van der Waals surface area contributed by atoms with Crippen LogP contribution < -0.4 is 0 Å². The minimum Gasteiger partial charge on any atom is -0.373 e. The Labute approximate surface area is 115 Å². The van der Waals surface area contributed by atoms with Gasteiger partial charge in [0.15, 0.2) is 0 Å². The predicted molar refractivity (Wildman–Crippen MR) is 74.2 cm³/mol. The molecule has 1 atom stereocenters. The largest absolute Gasteiger partial charge is 0.373 e. The Morgan fingerprint density at radius 1 is 1.47 bits per heavy atom. The van der Waals surface area contributed by atoms with Gasteiger partial charge < -0.3 is 4.74 Å². The molecule has 1 unspecified atom stereocenters. The summed E-state index contributed by atoms with van der Waals surface area (Å²) in [5.74, 6) is 0.469. The number of methoxy groups -OCH3 is 1. The Morgan fingerprint density at radius 3 is 2.84 bits per heavy atom. The third kappa shape index (κ3) is 3.24. The van der Waals surface area contributed by atoms with Gasteiger partial charge in [0.2, 0.25) is 5.78 Å². The number of ether oxygens (including phenoxy) is 1. The molecule has 1 aliphatic rings. The van der Waals surface area contributed by atoms with Crippen LogP contribution in [0.1, 0.15) is 55.9 Å². The SMILES string of the molecule is CCCn1nccc1C(=O)C(OC)C1CCCCC1. The number of hydrogen-bond donors (Lipinski definition) is 0. The zero-order valence-electron chi connectivity index (χ0n) is 12.0. The molecule has 4 nitrogen and oxygen atoms in total. The first-order chi connectivity index (χ1) is 9.27. The molecule has 0 saturated heterocycles. The number of Topliss-reactive ketones (excluding diaryl/α,β-unsaturated/α-hetero) is 1. The number of aryl methyl sites for hydroxylation is 1. The van der Waals surface area contributed by atoms with Crippen molar-refractivity contribution in [3.8, 4) is 0 Å². The van der Waals surface area contributed by atoms with E-state index < -0.39 is 0 Å². The van der Waals surface area contributed by atoms with Crippen LogP contribution in [0.2, 0.25) is 0 Å². The molecule has 0 aromatic carbocycles. The molecule has 2 rings (SSSR count). The molecule has 1 aromatic rings. The van der Waals surface area contributed by atoms with Crippen LogP contribution in [0.3, 0.4) is 0 Å². The monoisotopic (exact) mass is 264 g/mol. The maximum absolute atomic E-state index is 12.6. The number of carbonyl (C=O) groups excluding carboxylic acids is 1. The van der Waals surface area contributed by atoms with E-state index in [9.17, 15) is 4.79 Å². The van der Waals surface area contributed by atoms with Gasteiger partial charge in [0.1, 0.15) is 11.8 Å². The fraction of sp³-hybridized carbons (Fsp3) is 0.733. The van der Waals surface area contributed by atoms with Crippen molar-refractivity contribution in [1.29, 1.82) is 0 Å². The average molecular weight is 264 g/mol. The van der Waals surface area contributed by atoms with Gasteiger partial charge in [-0.2, -0.15) is 5.10 Å². The minimum atomic E-state index is -0.299. The molecular formula is C15H24N2O2. The molecule has 0 N–H and O–H groups in total. The van der Waals surface area contributed by atoms with E-state index >= 15 is 0 Å². The summed E-state index contributed by atoms with van der Waals surface area (Å²) < 4.78 is 7.32. The molecule has 1 fully saturated rings. The summed E-state index contributed by atoms with van der Waals surface area (Å²) in [5.41, 5.74) is 0.694. The first-order valence-electron chi connectivity index (χ1n) is 7.36. The van der Waals surface area contributed by atoms with E-state index in [-0.39, 0.29) is 11.9 Å². The zero-order valence-corrected chi connectivity index (χ0v) is 12.0. The molecule has 106 valence electrons. The lowest BCUT2D eigenvalue weighted by molar-refractivity contribution is 0.0305. The summed E-state index contributed by atoms with van der Waals surface area (Å²) in [6.07, 6.45) is 8.30. The third-order valence-corrected chi connectivity index (χ3v) is 3.99. The molecule has 4 heteroatoms. The molecule has 0 bridgehead atoms. The second kappa shape index (κ2) is 6.85. The summed E-state index contributed by atoms with van der Waals surface area (Å²) in [5, 5.41) is 4.23. The Balaban J connectivity index is 2.12. The minimum absolute atomic E-state index is 0.0975. The summed E-state index contributed by atoms with van der Waals surface area (Å²) in [7, 11) is 1.65. The first-order valence-corrected chi connectivity index (χ1v) is 7.36. The predicted octanol–water partition coefficient (Wildman–Crippen LogP) is 3.07. The maximum atomic E-state index is 12.6. The zero-order chi connectivity index (χ0) is 13.7. The highest BCUT2D eigenvalue weighted by molar-refractivity contribution is 5.98. The molecule has 0 spiro atoms. The van der Waals surface area contributed by atoms with Gasteiger partial charge in [-0.1, -0.05) is 26.2 Å². The van der Waals surface area contributed by atoms with Gasteiger partial charge in [-0.25, -0.2) is 0 Å². The van der Waals surface area contributed by atoms with Crippen LogP contribution in [-0.4, -0.2) is 28.8 Å². The van der Waals surface area contributed by atoms with Crippen LogP contribution in [0.5, 0.6) is 0 Å². The van der Waals surface area contributed by atoms with Gasteiger partial charge in [-0.3, -0.25) is 9.48 Å². The van der Waals surface area contributed by atoms with Gasteiger partial charge in [0, 0.05) is 19.9 Å². The standard InChI is InChI=1S/C15H24N2O2/c1-3-11-17-13(9-10-16-17)14(18)15(19-2)12-7-5-4-6-8-12/h9-10,12,15H,3-8,11H2,1-2H3. The van der Waals surface area contributed by atoms with Gasteiger partial charge in [-0.15, -0.1) is 0 Å². The molecule has 0 aliphatic heterocycles. The highest BCUT2D eigenvalue weighted by Crippen LogP contribution is 2.29. The Hall–Kier alpha value is -1.16. The van der Waals surface area contributed by atoms with Gasteiger partial charge >= 0.3 is 0 Å². The molecule has 19 heavy (non-hydrogen) atoms. The second-order valence-electron chi connectivity index (χ2n) is 5.36. The lowest BCUT2D eigenvalue weighted by Gasteiger charge is -2.28. The lowest BCUT2D eigenvalue weighted by Crippen LogP contribution is -2.34. The molecular weight excluding hydrogens is 240 g/mol. The quantitative estimate of drug-likeness (QED) is 0.742. The van der Waals surface area contributed by atoms with Gasteiger partial charge in [0.25, 0.3) is 0 Å². The Morgan fingerprint density at radius 2 is 2.21 bits per heavy atom. The van der Waals surface area contributed by atoms with Crippen molar-refractivity contribution in [2.24, 2.45) is 5.92 Å². The first kappa shape index (κ1) is 14.3. The average Bonchev–Trinajstić information content (AvgIpc) is 2.89. The molecule has 0 radical (unpaired) electrons. The number of ketones is 1. The van der Waals surface area contributed by atoms with Crippen LogP contribution in [0.25, 0.3) is 0 Å². The van der Waals surface area contributed by atoms with E-state index in [0.29, 0.717) is 11.6 Å². The number of aromatic nitrogens is 2. The number of hydrogen-bond acceptors (Lipinski definition) is 3. The van der Waals surface area contributed by atoms with Crippen molar-refractivity contribution in [3.05, 3.63) is 18.0 Å². The Bertz CT molecular complexity index is 408. The fourth-order valence-electron chi connectivity index (χ4n) is 3.03. The van der Waals surface area contributed by atoms with E-state index in [4.69, 9.17) is 4.74 Å². The van der Waals surface area contributed by atoms with E-state index in [1.54, 1.807) is 18.0 Å². The number of carbonyl (C=O) groups is 1. The van der Waals surface area contributed by atoms with Gasteiger partial charge in [0.05, 0.1) is 0 Å². The van der Waals surface area contributed by atoms with E-state index in [1.807, 2.05) is 6.07 Å². The highest BCUT2D eigenvalue weighted by atomic mass is 16.5. The van der Waals surface area contributed by atoms with E-state index in [2.05, 4.69) is 12.0 Å². The van der Waals surface area contributed by atoms with E-state index in [0.717, 1.165) is 25.8 Å². The van der Waals surface area contributed by atoms with Crippen molar-refractivity contribution in [2.45, 2.75) is 58.1 Å². The topological polar surface area (TPSA) is 44.1 Å². The molecule has 1 aromatic heterocycles. The third-order valence-electron chi connectivity index (χ3n) is 3.99. The highest BCUT2D eigenvalue weighted by Gasteiger charge is 2.31. The van der Waals surface area contributed by atoms with E-state index in [1.165, 1.54) is 19.3 Å². The second-order valence-corrected chi connectivity index (χ2v) is 5.36. The lowest BCUT2D eigenvalue weighted by atomic mass is 9.83. The summed E-state index contributed by atoms with van der Waals surface area (Å²) >= 11 is 0. The van der Waals surface area contributed by atoms with Crippen LogP contribution in [0, 0.1) is 5.92 Å². The number of nitrogens with zero attached hydrogens (tertiary/aromatic N) is 2. The summed E-state index contributed by atoms with van der Waals surface area (Å²) in [6.45, 7) is 2.88. The molecule has 1 aliphatic carbocycles. The summed E-state index contributed by atoms with van der Waals surface area (Å²) in [4.78, 5) is 12.6. The van der Waals surface area contributed by atoms with Crippen LogP contribution in [0.15, 0.2) is 12.3 Å². The fourth-order valence-corrected chi connectivity index (χ4v) is 3.03. The maximum Gasteiger partial charge on any atom is 0.209 e. The van der Waals surface area contributed by atoms with Crippen LogP contribution >= 0.6 is 0 Å². The van der Waals surface area contributed by atoms with Crippen molar-refractivity contribution in [1.82, 2.24) is 9.78 Å². The summed E-state index contributed by atoms with van der Waals surface area (Å²) in [6, 6.07) is 1.81. The normalized spacial score (nSPS) is 18.4. The molecule has 1 saturated carbocycles. The van der Waals surface area contributed by atoms with Gasteiger partial charge in [-0.05, 0) is 31.2 Å². The number of rotatable bonds is 6. The molecule has 1 heterocycles. The van der Waals surface area contributed by atoms with Crippen molar-refractivity contribution >= 4 is 5.78 Å². The van der Waals surface area contributed by atoms with Crippen LogP contribution in [-0.2, 0) is 11.3 Å². The molecule has 0 amide bonds. The van der Waals surface area contributed by atoms with Crippen molar-refractivity contribution in [2.75, 3.05) is 7.11 Å². The Kier molecular flexibility index (Phi) is 5.14. The van der Waals surface area contributed by atoms with Crippen LogP contribution in [0.4, 0.5) is 0 Å². The van der Waals surface area contributed by atoms with Crippen molar-refractivity contribution in [3.63, 3.8) is 0 Å². The smallest absolute Gasteiger partial charge is 0.209 e.